The van der Waals surface area contributed by atoms with E-state index in [9.17, 15) is 4.79 Å². The summed E-state index contributed by atoms with van der Waals surface area (Å²) in [5.41, 5.74) is 0.695. The van der Waals surface area contributed by atoms with Crippen molar-refractivity contribution in [1.29, 1.82) is 0 Å². The monoisotopic (exact) mass is 466 g/mol. The second-order valence-corrected chi connectivity index (χ2v) is 9.02. The van der Waals surface area contributed by atoms with E-state index in [0.29, 0.717) is 18.8 Å². The van der Waals surface area contributed by atoms with Crippen molar-refractivity contribution in [2.45, 2.75) is 70.2 Å². The summed E-state index contributed by atoms with van der Waals surface area (Å²) < 4.78 is 13.6. The molecule has 2 aliphatic rings. The van der Waals surface area contributed by atoms with Crippen LogP contribution in [-0.4, -0.2) is 66.9 Å². The lowest BCUT2D eigenvalue weighted by Crippen LogP contribution is -2.67. The average molecular weight is 467 g/mol. The molecule has 6 heteroatoms. The quantitative estimate of drug-likeness (QED) is 0.546. The molecule has 1 aromatic rings. The molecule has 29 heavy (non-hydrogen) atoms. The molecule has 2 fully saturated rings. The van der Waals surface area contributed by atoms with Gasteiger partial charge in [0, 0.05) is 42.8 Å². The van der Waals surface area contributed by atoms with Gasteiger partial charge in [0.1, 0.15) is 6.04 Å². The zero-order valence-corrected chi connectivity index (χ0v) is 19.6. The van der Waals surface area contributed by atoms with Gasteiger partial charge in [0.05, 0.1) is 0 Å². The zero-order chi connectivity index (χ0) is 20.9. The van der Waals surface area contributed by atoms with Crippen LogP contribution >= 0.6 is 15.9 Å². The fraction of sp³-hybridized carbons (Fsp3) is 0.696. The highest BCUT2D eigenvalue weighted by atomic mass is 79.9. The molecule has 3 rings (SSSR count). The van der Waals surface area contributed by atoms with E-state index in [0.717, 1.165) is 36.8 Å². The Morgan fingerprint density at radius 3 is 2.31 bits per heavy atom. The van der Waals surface area contributed by atoms with Crippen molar-refractivity contribution in [2.24, 2.45) is 0 Å². The third kappa shape index (κ3) is 5.04. The number of likely N-dealkylation sites (tertiary alicyclic amines) is 1. The number of benzene rings is 1. The van der Waals surface area contributed by atoms with Gasteiger partial charge in [-0.3, -0.25) is 9.69 Å². The van der Waals surface area contributed by atoms with E-state index in [1.54, 1.807) is 0 Å². The summed E-state index contributed by atoms with van der Waals surface area (Å²) in [4.78, 5) is 17.9. The summed E-state index contributed by atoms with van der Waals surface area (Å²) in [7, 11) is 1.92. The van der Waals surface area contributed by atoms with E-state index in [1.807, 2.05) is 50.1 Å². The van der Waals surface area contributed by atoms with Crippen molar-refractivity contribution in [3.05, 3.63) is 34.3 Å². The molecule has 2 atom stereocenters. The fourth-order valence-corrected chi connectivity index (χ4v) is 5.37. The van der Waals surface area contributed by atoms with E-state index in [-0.39, 0.29) is 18.0 Å². The molecule has 1 aliphatic heterocycles. The predicted molar refractivity (Wildman–Crippen MR) is 119 cm³/mol. The van der Waals surface area contributed by atoms with E-state index in [4.69, 9.17) is 9.47 Å². The van der Waals surface area contributed by atoms with Crippen molar-refractivity contribution < 1.29 is 14.3 Å². The number of piperidine rings is 1. The summed E-state index contributed by atoms with van der Waals surface area (Å²) in [5, 5.41) is 0. The minimum absolute atomic E-state index is 0.0233. The Morgan fingerprint density at radius 2 is 1.72 bits per heavy atom. The van der Waals surface area contributed by atoms with Crippen molar-refractivity contribution in [3.63, 3.8) is 0 Å². The summed E-state index contributed by atoms with van der Waals surface area (Å²) in [6.45, 7) is 7.36. The third-order valence-corrected chi connectivity index (χ3v) is 6.83. The SMILES string of the molecule is CCOC1(OCC)CCCC(N2CCCCC2)C1N(C)C(=O)c1ccc(Br)cc1. The van der Waals surface area contributed by atoms with Crippen molar-refractivity contribution >= 4 is 21.8 Å². The Morgan fingerprint density at radius 1 is 1.10 bits per heavy atom. The van der Waals surface area contributed by atoms with Gasteiger partial charge in [-0.1, -0.05) is 22.4 Å². The number of ether oxygens (including phenoxy) is 2. The Balaban J connectivity index is 1.96. The first kappa shape index (κ1) is 22.7. The van der Waals surface area contributed by atoms with Crippen LogP contribution in [-0.2, 0) is 9.47 Å². The van der Waals surface area contributed by atoms with Crippen LogP contribution in [0, 0.1) is 0 Å². The number of carbonyl (C=O) groups excluding carboxylic acids is 1. The van der Waals surface area contributed by atoms with Crippen LogP contribution in [0.4, 0.5) is 0 Å². The van der Waals surface area contributed by atoms with Crippen LogP contribution in [0.2, 0.25) is 0 Å². The molecule has 5 nitrogen and oxygen atoms in total. The number of halogens is 1. The lowest BCUT2D eigenvalue weighted by atomic mass is 9.81. The molecule has 0 radical (unpaired) electrons. The first-order chi connectivity index (χ1) is 14.0. The number of amides is 1. The van der Waals surface area contributed by atoms with Crippen molar-refractivity contribution in [1.82, 2.24) is 9.80 Å². The summed E-state index contributed by atoms with van der Waals surface area (Å²) in [5.74, 6) is -0.723. The van der Waals surface area contributed by atoms with E-state index in [2.05, 4.69) is 20.8 Å². The van der Waals surface area contributed by atoms with E-state index in [1.165, 1.54) is 19.3 Å². The predicted octanol–water partition coefficient (Wildman–Crippen LogP) is 4.70. The minimum Gasteiger partial charge on any atom is -0.348 e. The third-order valence-electron chi connectivity index (χ3n) is 6.31. The van der Waals surface area contributed by atoms with E-state index < -0.39 is 5.79 Å². The first-order valence-electron chi connectivity index (χ1n) is 11.1. The molecule has 1 saturated heterocycles. The highest BCUT2D eigenvalue weighted by molar-refractivity contribution is 9.10. The first-order valence-corrected chi connectivity index (χ1v) is 11.9. The summed E-state index contributed by atoms with van der Waals surface area (Å²) >= 11 is 3.46. The molecule has 0 N–H and O–H groups in total. The zero-order valence-electron chi connectivity index (χ0n) is 18.0. The van der Waals surface area contributed by atoms with Crippen LogP contribution in [0.25, 0.3) is 0 Å². The maximum absolute atomic E-state index is 13.5. The second-order valence-electron chi connectivity index (χ2n) is 8.10. The normalized spacial score (nSPS) is 25.0. The molecule has 162 valence electrons. The summed E-state index contributed by atoms with van der Waals surface area (Å²) in [6.07, 6.45) is 6.70. The van der Waals surface area contributed by atoms with Gasteiger partial charge in [-0.25, -0.2) is 0 Å². The Hall–Kier alpha value is -0.950. The minimum atomic E-state index is -0.746. The van der Waals surface area contributed by atoms with Gasteiger partial charge in [-0.15, -0.1) is 0 Å². The highest BCUT2D eigenvalue weighted by Gasteiger charge is 2.52. The van der Waals surface area contributed by atoms with Crippen LogP contribution in [0.15, 0.2) is 28.7 Å². The fourth-order valence-electron chi connectivity index (χ4n) is 5.11. The smallest absolute Gasteiger partial charge is 0.254 e. The van der Waals surface area contributed by atoms with Crippen molar-refractivity contribution in [2.75, 3.05) is 33.4 Å². The van der Waals surface area contributed by atoms with E-state index >= 15 is 0 Å². The lowest BCUT2D eigenvalue weighted by molar-refractivity contribution is -0.283. The van der Waals surface area contributed by atoms with Gasteiger partial charge >= 0.3 is 0 Å². The maximum atomic E-state index is 13.5. The maximum Gasteiger partial charge on any atom is 0.254 e. The standard InChI is InChI=1S/C23H35BrN2O3/c1-4-28-23(29-5-2)15-9-10-20(26-16-7-6-8-17-26)21(23)25(3)22(27)18-11-13-19(24)14-12-18/h11-14,20-21H,4-10,15-17H2,1-3H3. The molecular formula is C23H35BrN2O3. The largest absolute Gasteiger partial charge is 0.348 e. The van der Waals surface area contributed by atoms with Crippen LogP contribution < -0.4 is 0 Å². The Labute approximate surface area is 183 Å². The van der Waals surface area contributed by atoms with Gasteiger partial charge in [0.15, 0.2) is 5.79 Å². The Bertz CT molecular complexity index is 649. The average Bonchev–Trinajstić information content (AvgIpc) is 2.74. The number of hydrogen-bond donors (Lipinski definition) is 0. The molecule has 1 aromatic carbocycles. The molecule has 1 amide bonds. The van der Waals surface area contributed by atoms with Crippen LogP contribution in [0.3, 0.4) is 0 Å². The number of carbonyl (C=O) groups is 1. The lowest BCUT2D eigenvalue weighted by Gasteiger charge is -2.53. The molecule has 1 saturated carbocycles. The van der Waals surface area contributed by atoms with Gasteiger partial charge in [-0.05, 0) is 76.9 Å². The van der Waals surface area contributed by atoms with Crippen LogP contribution in [0.5, 0.6) is 0 Å². The number of nitrogens with zero attached hydrogens (tertiary/aromatic N) is 2. The van der Waals surface area contributed by atoms with Gasteiger partial charge in [0.25, 0.3) is 5.91 Å². The summed E-state index contributed by atoms with van der Waals surface area (Å²) in [6, 6.07) is 7.72. The van der Waals surface area contributed by atoms with Gasteiger partial charge in [-0.2, -0.15) is 0 Å². The molecule has 1 heterocycles. The van der Waals surface area contributed by atoms with Crippen LogP contribution in [0.1, 0.15) is 62.7 Å². The number of rotatable bonds is 7. The molecule has 1 aliphatic carbocycles. The van der Waals surface area contributed by atoms with Gasteiger partial charge < -0.3 is 14.4 Å². The topological polar surface area (TPSA) is 42.0 Å². The number of hydrogen-bond acceptors (Lipinski definition) is 4. The molecular weight excluding hydrogens is 432 g/mol. The molecule has 0 bridgehead atoms. The highest BCUT2D eigenvalue weighted by Crippen LogP contribution is 2.39. The second kappa shape index (κ2) is 10.4. The molecule has 2 unspecified atom stereocenters. The van der Waals surface area contributed by atoms with Crippen molar-refractivity contribution in [3.8, 4) is 0 Å². The molecule has 0 spiro atoms. The molecule has 0 aromatic heterocycles. The number of likely N-dealkylation sites (N-methyl/N-ethyl adjacent to an activating group) is 1. The Kier molecular flexibility index (Phi) is 8.14. The van der Waals surface area contributed by atoms with Gasteiger partial charge in [0.2, 0.25) is 0 Å².